The molecule has 0 aliphatic heterocycles. The van der Waals surface area contributed by atoms with E-state index < -0.39 is 0 Å². The van der Waals surface area contributed by atoms with Crippen molar-refractivity contribution >= 4 is 11.6 Å². The van der Waals surface area contributed by atoms with Crippen molar-refractivity contribution in [1.82, 2.24) is 10.5 Å². The Morgan fingerprint density at radius 3 is 2.68 bits per heavy atom. The number of halogens is 1. The molecule has 1 unspecified atom stereocenters. The first-order valence-electron chi connectivity index (χ1n) is 6.63. The molecule has 1 aromatic heterocycles. The number of aromatic nitrogens is 1. The van der Waals surface area contributed by atoms with E-state index in [1.54, 1.807) is 0 Å². The van der Waals surface area contributed by atoms with Crippen molar-refractivity contribution in [3.8, 4) is 0 Å². The lowest BCUT2D eigenvalue weighted by atomic mass is 10.0. The van der Waals surface area contributed by atoms with Gasteiger partial charge in [-0.2, -0.15) is 0 Å². The first-order chi connectivity index (χ1) is 9.22. The molecule has 0 amide bonds. The monoisotopic (exact) mass is 276 g/mol. The van der Waals surface area contributed by atoms with E-state index in [2.05, 4.69) is 22.6 Å². The average molecular weight is 277 g/mol. The molecule has 0 radical (unpaired) electrons. The summed E-state index contributed by atoms with van der Waals surface area (Å²) >= 11 is 5.94. The number of nitrogens with zero attached hydrogens (tertiary/aromatic N) is 1. The van der Waals surface area contributed by atoms with Gasteiger partial charge in [0.05, 0.1) is 12.2 Å². The molecule has 1 N–H and O–H groups in total. The molecule has 1 atom stereocenters. The average Bonchev–Trinajstić information content (AvgIpc) is 3.15. The molecule has 0 bridgehead atoms. The molecule has 19 heavy (non-hydrogen) atoms. The van der Waals surface area contributed by atoms with Crippen molar-refractivity contribution < 1.29 is 4.52 Å². The molecule has 3 rings (SSSR count). The van der Waals surface area contributed by atoms with Gasteiger partial charge >= 0.3 is 0 Å². The van der Waals surface area contributed by atoms with Crippen LogP contribution in [0, 0.1) is 12.8 Å². The SMILES string of the molecule is Cc1cc(CNC(c2ccc(Cl)cc2)C2CC2)on1. The van der Waals surface area contributed by atoms with Gasteiger partial charge in [0.15, 0.2) is 5.76 Å². The Bertz CT molecular complexity index is 546. The summed E-state index contributed by atoms with van der Waals surface area (Å²) in [5.41, 5.74) is 2.22. The van der Waals surface area contributed by atoms with Gasteiger partial charge in [-0.3, -0.25) is 0 Å². The second kappa shape index (κ2) is 5.35. The molecule has 1 heterocycles. The van der Waals surface area contributed by atoms with E-state index in [4.69, 9.17) is 16.1 Å². The molecule has 1 saturated carbocycles. The van der Waals surface area contributed by atoms with Crippen molar-refractivity contribution in [1.29, 1.82) is 0 Å². The predicted octanol–water partition coefficient (Wildman–Crippen LogP) is 3.88. The van der Waals surface area contributed by atoms with Gasteiger partial charge in [0.2, 0.25) is 0 Å². The van der Waals surface area contributed by atoms with Crippen molar-refractivity contribution in [2.24, 2.45) is 5.92 Å². The zero-order valence-electron chi connectivity index (χ0n) is 10.9. The zero-order valence-corrected chi connectivity index (χ0v) is 11.7. The third-order valence-corrected chi connectivity index (χ3v) is 3.75. The second-order valence-electron chi connectivity index (χ2n) is 5.18. The lowest BCUT2D eigenvalue weighted by molar-refractivity contribution is 0.354. The highest BCUT2D eigenvalue weighted by Crippen LogP contribution is 2.41. The molecular formula is C15H17ClN2O. The number of hydrogen-bond acceptors (Lipinski definition) is 3. The van der Waals surface area contributed by atoms with E-state index in [-0.39, 0.29) is 0 Å². The van der Waals surface area contributed by atoms with E-state index >= 15 is 0 Å². The number of nitrogens with one attached hydrogen (secondary N) is 1. The maximum atomic E-state index is 5.94. The fourth-order valence-corrected chi connectivity index (χ4v) is 2.49. The third-order valence-electron chi connectivity index (χ3n) is 3.50. The Hall–Kier alpha value is -1.32. The molecule has 1 aliphatic carbocycles. The molecule has 4 heteroatoms. The summed E-state index contributed by atoms with van der Waals surface area (Å²) in [6, 6.07) is 10.5. The standard InChI is InChI=1S/C15H17ClN2O/c1-10-8-14(19-18-10)9-17-15(11-2-3-11)12-4-6-13(16)7-5-12/h4-8,11,15,17H,2-3,9H2,1H3. The Kier molecular flexibility index (Phi) is 3.58. The molecule has 0 spiro atoms. The molecular weight excluding hydrogens is 260 g/mol. The topological polar surface area (TPSA) is 38.1 Å². The largest absolute Gasteiger partial charge is 0.360 e. The lowest BCUT2D eigenvalue weighted by Crippen LogP contribution is -2.22. The van der Waals surface area contributed by atoms with Crippen LogP contribution in [0.2, 0.25) is 5.02 Å². The number of hydrogen-bond donors (Lipinski definition) is 1. The van der Waals surface area contributed by atoms with E-state index in [1.165, 1.54) is 18.4 Å². The maximum absolute atomic E-state index is 5.94. The molecule has 2 aromatic rings. The lowest BCUT2D eigenvalue weighted by Gasteiger charge is -2.18. The highest BCUT2D eigenvalue weighted by Gasteiger charge is 2.32. The van der Waals surface area contributed by atoms with Crippen molar-refractivity contribution in [2.45, 2.75) is 32.4 Å². The van der Waals surface area contributed by atoms with E-state index in [0.29, 0.717) is 12.6 Å². The summed E-state index contributed by atoms with van der Waals surface area (Å²) in [7, 11) is 0. The van der Waals surface area contributed by atoms with Crippen LogP contribution in [0.15, 0.2) is 34.9 Å². The number of aryl methyl sites for hydroxylation is 1. The third kappa shape index (κ3) is 3.17. The quantitative estimate of drug-likeness (QED) is 0.901. The molecule has 3 nitrogen and oxygen atoms in total. The fourth-order valence-electron chi connectivity index (χ4n) is 2.37. The Balaban J connectivity index is 1.69. The van der Waals surface area contributed by atoms with Crippen LogP contribution in [0.1, 0.15) is 35.9 Å². The maximum Gasteiger partial charge on any atom is 0.150 e. The smallest absolute Gasteiger partial charge is 0.150 e. The van der Waals surface area contributed by atoms with Gasteiger partial charge < -0.3 is 9.84 Å². The van der Waals surface area contributed by atoms with Crippen molar-refractivity contribution in [2.75, 3.05) is 0 Å². The minimum atomic E-state index is 0.377. The molecule has 0 saturated heterocycles. The summed E-state index contributed by atoms with van der Waals surface area (Å²) < 4.78 is 5.24. The summed E-state index contributed by atoms with van der Waals surface area (Å²) in [6.07, 6.45) is 2.57. The highest BCUT2D eigenvalue weighted by molar-refractivity contribution is 6.30. The van der Waals surface area contributed by atoms with Gasteiger partial charge in [0, 0.05) is 17.1 Å². The number of rotatable bonds is 5. The zero-order chi connectivity index (χ0) is 13.2. The van der Waals surface area contributed by atoms with Gasteiger partial charge in [-0.25, -0.2) is 0 Å². The normalized spacial score (nSPS) is 16.5. The van der Waals surface area contributed by atoms with Crippen LogP contribution in [0.25, 0.3) is 0 Å². The van der Waals surface area contributed by atoms with Crippen LogP contribution >= 0.6 is 11.6 Å². The molecule has 1 aliphatic rings. The summed E-state index contributed by atoms with van der Waals surface area (Å²) in [5, 5.41) is 8.26. The minimum absolute atomic E-state index is 0.377. The van der Waals surface area contributed by atoms with Crippen LogP contribution in [0.3, 0.4) is 0 Å². The molecule has 100 valence electrons. The van der Waals surface area contributed by atoms with Gasteiger partial charge in [-0.05, 0) is 43.4 Å². The van der Waals surface area contributed by atoms with Crippen molar-refractivity contribution in [3.05, 3.63) is 52.4 Å². The first-order valence-corrected chi connectivity index (χ1v) is 7.01. The van der Waals surface area contributed by atoms with E-state index in [9.17, 15) is 0 Å². The van der Waals surface area contributed by atoms with Crippen LogP contribution in [-0.4, -0.2) is 5.16 Å². The fraction of sp³-hybridized carbons (Fsp3) is 0.400. The van der Waals surface area contributed by atoms with Crippen LogP contribution in [0.5, 0.6) is 0 Å². The number of benzene rings is 1. The van der Waals surface area contributed by atoms with Gasteiger partial charge in [0.1, 0.15) is 0 Å². The van der Waals surface area contributed by atoms with E-state index in [1.807, 2.05) is 25.1 Å². The summed E-state index contributed by atoms with van der Waals surface area (Å²) in [5.74, 6) is 1.61. The molecule has 1 aromatic carbocycles. The summed E-state index contributed by atoms with van der Waals surface area (Å²) in [6.45, 7) is 2.65. The van der Waals surface area contributed by atoms with Crippen LogP contribution in [0.4, 0.5) is 0 Å². The minimum Gasteiger partial charge on any atom is -0.360 e. The van der Waals surface area contributed by atoms with E-state index in [0.717, 1.165) is 22.4 Å². The van der Waals surface area contributed by atoms with Gasteiger partial charge in [-0.1, -0.05) is 28.9 Å². The Labute approximate surface area is 117 Å². The van der Waals surface area contributed by atoms with Crippen molar-refractivity contribution in [3.63, 3.8) is 0 Å². The first kappa shape index (κ1) is 12.7. The molecule has 1 fully saturated rings. The Morgan fingerprint density at radius 1 is 1.37 bits per heavy atom. The second-order valence-corrected chi connectivity index (χ2v) is 5.62. The Morgan fingerprint density at radius 2 is 2.11 bits per heavy atom. The van der Waals surface area contributed by atoms with Gasteiger partial charge in [0.25, 0.3) is 0 Å². The predicted molar refractivity (Wildman–Crippen MR) is 75.0 cm³/mol. The van der Waals surface area contributed by atoms with Gasteiger partial charge in [-0.15, -0.1) is 0 Å². The van der Waals surface area contributed by atoms with Crippen LogP contribution < -0.4 is 5.32 Å². The highest BCUT2D eigenvalue weighted by atomic mass is 35.5. The van der Waals surface area contributed by atoms with Crippen LogP contribution in [-0.2, 0) is 6.54 Å². The summed E-state index contributed by atoms with van der Waals surface area (Å²) in [4.78, 5) is 0.